The van der Waals surface area contributed by atoms with Crippen molar-refractivity contribution in [3.05, 3.63) is 23.8 Å². The average molecular weight is 242 g/mol. The molecule has 0 spiro atoms. The highest BCUT2D eigenvalue weighted by atomic mass is 32.2. The lowest BCUT2D eigenvalue weighted by Gasteiger charge is -2.01. The van der Waals surface area contributed by atoms with Crippen molar-refractivity contribution in [2.75, 3.05) is 18.8 Å². The van der Waals surface area contributed by atoms with Crippen LogP contribution in [0.15, 0.2) is 18.2 Å². The lowest BCUT2D eigenvalue weighted by atomic mass is 10.1. The highest BCUT2D eigenvalue weighted by Gasteiger charge is 2.18. The van der Waals surface area contributed by atoms with Gasteiger partial charge in [-0.3, -0.25) is 4.79 Å². The number of Topliss-reactive ketones (excluding diaryl/α,β-unsaturated/α-hetero) is 1. The largest absolute Gasteiger partial charge is 0.454 e. The summed E-state index contributed by atoms with van der Waals surface area (Å²) in [7, 11) is -3.31. The van der Waals surface area contributed by atoms with Gasteiger partial charge in [0.25, 0.3) is 0 Å². The van der Waals surface area contributed by atoms with Gasteiger partial charge in [-0.15, -0.1) is 0 Å². The first-order valence-corrected chi connectivity index (χ1v) is 6.62. The predicted octanol–water partition coefficient (Wildman–Crippen LogP) is 0.643. The molecule has 0 N–H and O–H groups in total. The van der Waals surface area contributed by atoms with Crippen LogP contribution in [0.1, 0.15) is 10.4 Å². The number of benzene rings is 1. The van der Waals surface area contributed by atoms with E-state index in [2.05, 4.69) is 0 Å². The predicted molar refractivity (Wildman–Crippen MR) is 56.6 cm³/mol. The minimum atomic E-state index is -3.31. The molecular weight excluding hydrogens is 232 g/mol. The van der Waals surface area contributed by atoms with Gasteiger partial charge in [-0.2, -0.15) is 0 Å². The normalized spacial score (nSPS) is 13.8. The first-order valence-electron chi connectivity index (χ1n) is 4.56. The van der Waals surface area contributed by atoms with E-state index >= 15 is 0 Å². The maximum atomic E-state index is 11.6. The fourth-order valence-corrected chi connectivity index (χ4v) is 2.03. The van der Waals surface area contributed by atoms with Gasteiger partial charge < -0.3 is 9.47 Å². The van der Waals surface area contributed by atoms with E-state index in [4.69, 9.17) is 9.47 Å². The Hall–Kier alpha value is -1.56. The van der Waals surface area contributed by atoms with Gasteiger partial charge in [0, 0.05) is 11.8 Å². The molecule has 1 aromatic rings. The zero-order chi connectivity index (χ0) is 11.8. The minimum Gasteiger partial charge on any atom is -0.454 e. The zero-order valence-corrected chi connectivity index (χ0v) is 9.41. The Morgan fingerprint density at radius 2 is 2.00 bits per heavy atom. The van der Waals surface area contributed by atoms with E-state index in [9.17, 15) is 13.2 Å². The van der Waals surface area contributed by atoms with Crippen LogP contribution < -0.4 is 9.47 Å². The maximum absolute atomic E-state index is 11.6. The highest BCUT2D eigenvalue weighted by Crippen LogP contribution is 2.32. The van der Waals surface area contributed by atoms with Crippen LogP contribution in [-0.2, 0) is 9.84 Å². The Morgan fingerprint density at radius 1 is 1.31 bits per heavy atom. The minimum absolute atomic E-state index is 0.124. The molecule has 5 nitrogen and oxygen atoms in total. The SMILES string of the molecule is CS(=O)(=O)CC(=O)c1ccc2c(c1)OCO2. The number of fused-ring (bicyclic) bond motifs is 1. The molecule has 16 heavy (non-hydrogen) atoms. The van der Waals surface area contributed by atoms with Gasteiger partial charge in [-0.05, 0) is 18.2 Å². The van der Waals surface area contributed by atoms with E-state index in [1.54, 1.807) is 6.07 Å². The van der Waals surface area contributed by atoms with Gasteiger partial charge in [0.1, 0.15) is 5.75 Å². The smallest absolute Gasteiger partial charge is 0.231 e. The van der Waals surface area contributed by atoms with Crippen LogP contribution in [0.3, 0.4) is 0 Å². The summed E-state index contributed by atoms with van der Waals surface area (Å²) in [5.74, 6) is 0.100. The lowest BCUT2D eigenvalue weighted by Crippen LogP contribution is -2.14. The number of hydrogen-bond acceptors (Lipinski definition) is 5. The summed E-state index contributed by atoms with van der Waals surface area (Å²) < 4.78 is 32.1. The molecule has 0 fully saturated rings. The van der Waals surface area contributed by atoms with Crippen molar-refractivity contribution in [3.63, 3.8) is 0 Å². The third-order valence-electron chi connectivity index (χ3n) is 2.09. The molecule has 0 saturated heterocycles. The number of carbonyl (C=O) groups is 1. The van der Waals surface area contributed by atoms with E-state index in [1.165, 1.54) is 12.1 Å². The monoisotopic (exact) mass is 242 g/mol. The van der Waals surface area contributed by atoms with E-state index < -0.39 is 21.4 Å². The molecular formula is C10H10O5S. The van der Waals surface area contributed by atoms with E-state index in [-0.39, 0.29) is 6.79 Å². The lowest BCUT2D eigenvalue weighted by molar-refractivity contribution is 0.102. The van der Waals surface area contributed by atoms with Crippen LogP contribution in [0.5, 0.6) is 11.5 Å². The summed E-state index contributed by atoms with van der Waals surface area (Å²) in [6, 6.07) is 4.62. The Labute approximate surface area is 92.9 Å². The number of rotatable bonds is 3. The van der Waals surface area contributed by atoms with Gasteiger partial charge in [-0.1, -0.05) is 0 Å². The van der Waals surface area contributed by atoms with Crippen molar-refractivity contribution in [1.82, 2.24) is 0 Å². The molecule has 0 radical (unpaired) electrons. The third kappa shape index (κ3) is 2.33. The Bertz CT molecular complexity index is 532. The number of hydrogen-bond donors (Lipinski definition) is 0. The van der Waals surface area contributed by atoms with Crippen molar-refractivity contribution in [2.45, 2.75) is 0 Å². The topological polar surface area (TPSA) is 69.7 Å². The molecule has 6 heteroatoms. The molecule has 0 saturated carbocycles. The first kappa shape index (κ1) is 10.9. The Morgan fingerprint density at radius 3 is 2.69 bits per heavy atom. The van der Waals surface area contributed by atoms with Gasteiger partial charge in [0.15, 0.2) is 27.1 Å². The second kappa shape index (κ2) is 3.79. The van der Waals surface area contributed by atoms with Crippen LogP contribution >= 0.6 is 0 Å². The standard InChI is InChI=1S/C10H10O5S/c1-16(12,13)5-8(11)7-2-3-9-10(4-7)15-6-14-9/h2-4H,5-6H2,1H3. The second-order valence-electron chi connectivity index (χ2n) is 3.56. The first-order chi connectivity index (χ1) is 7.46. The molecule has 86 valence electrons. The fourth-order valence-electron chi connectivity index (χ4n) is 1.39. The van der Waals surface area contributed by atoms with Gasteiger partial charge in [0.05, 0.1) is 0 Å². The molecule has 1 heterocycles. The van der Waals surface area contributed by atoms with E-state index in [1.807, 2.05) is 0 Å². The van der Waals surface area contributed by atoms with Gasteiger partial charge in [0.2, 0.25) is 6.79 Å². The number of ether oxygens (including phenoxy) is 2. The van der Waals surface area contributed by atoms with Crippen LogP contribution in [0.25, 0.3) is 0 Å². The summed E-state index contributed by atoms with van der Waals surface area (Å²) in [5.41, 5.74) is 0.315. The molecule has 2 rings (SSSR count). The van der Waals surface area contributed by atoms with Crippen molar-refractivity contribution < 1.29 is 22.7 Å². The molecule has 0 amide bonds. The fraction of sp³-hybridized carbons (Fsp3) is 0.300. The molecule has 1 aromatic carbocycles. The quantitative estimate of drug-likeness (QED) is 0.727. The van der Waals surface area contributed by atoms with Gasteiger partial charge in [-0.25, -0.2) is 8.42 Å². The second-order valence-corrected chi connectivity index (χ2v) is 5.70. The van der Waals surface area contributed by atoms with Crippen molar-refractivity contribution in [1.29, 1.82) is 0 Å². The third-order valence-corrected chi connectivity index (χ3v) is 2.87. The Kier molecular flexibility index (Phi) is 2.59. The summed E-state index contributed by atoms with van der Waals surface area (Å²) in [4.78, 5) is 11.6. The molecule has 0 aromatic heterocycles. The average Bonchev–Trinajstić information content (AvgIpc) is 2.61. The van der Waals surface area contributed by atoms with E-state index in [0.29, 0.717) is 17.1 Å². The summed E-state index contributed by atoms with van der Waals surface area (Å²) in [5, 5.41) is 0. The zero-order valence-electron chi connectivity index (χ0n) is 8.60. The molecule has 0 atom stereocenters. The molecule has 1 aliphatic rings. The van der Waals surface area contributed by atoms with Crippen LogP contribution in [0, 0.1) is 0 Å². The highest BCUT2D eigenvalue weighted by molar-refractivity contribution is 7.91. The summed E-state index contributed by atoms with van der Waals surface area (Å²) in [6.07, 6.45) is 1.03. The van der Waals surface area contributed by atoms with Crippen molar-refractivity contribution in [2.24, 2.45) is 0 Å². The van der Waals surface area contributed by atoms with Gasteiger partial charge >= 0.3 is 0 Å². The van der Waals surface area contributed by atoms with Crippen molar-refractivity contribution in [3.8, 4) is 11.5 Å². The maximum Gasteiger partial charge on any atom is 0.231 e. The number of carbonyl (C=O) groups excluding carboxylic acids is 1. The summed E-state index contributed by atoms with van der Waals surface area (Å²) in [6.45, 7) is 0.124. The molecule has 0 bridgehead atoms. The van der Waals surface area contributed by atoms with Crippen LogP contribution in [-0.4, -0.2) is 33.0 Å². The van der Waals surface area contributed by atoms with Crippen LogP contribution in [0.2, 0.25) is 0 Å². The van der Waals surface area contributed by atoms with E-state index in [0.717, 1.165) is 6.26 Å². The number of sulfone groups is 1. The Balaban J connectivity index is 2.25. The van der Waals surface area contributed by atoms with Crippen molar-refractivity contribution >= 4 is 15.6 Å². The molecule has 1 aliphatic heterocycles. The van der Waals surface area contributed by atoms with Crippen LogP contribution in [0.4, 0.5) is 0 Å². The summed E-state index contributed by atoms with van der Waals surface area (Å²) >= 11 is 0. The molecule has 0 unspecified atom stereocenters. The molecule has 0 aliphatic carbocycles. The number of ketones is 1.